The molecule has 0 bridgehead atoms. The van der Waals surface area contributed by atoms with Gasteiger partial charge >= 0.3 is 5.97 Å². The molecule has 0 aliphatic carbocycles. The molecule has 0 aromatic heterocycles. The molecule has 1 saturated heterocycles. The zero-order chi connectivity index (χ0) is 19.3. The summed E-state index contributed by atoms with van der Waals surface area (Å²) in [5.74, 6) is -1.79. The van der Waals surface area contributed by atoms with Crippen LogP contribution in [0.4, 0.5) is 0 Å². The van der Waals surface area contributed by atoms with E-state index in [0.29, 0.717) is 12.0 Å². The van der Waals surface area contributed by atoms with Crippen LogP contribution in [-0.2, 0) is 24.2 Å². The normalized spacial score (nSPS) is 18.2. The van der Waals surface area contributed by atoms with Gasteiger partial charge in [0, 0.05) is 11.6 Å². The number of carbonyl (C=O) groups excluding carboxylic acids is 3. The summed E-state index contributed by atoms with van der Waals surface area (Å²) in [5.41, 5.74) is 2.45. The highest BCUT2D eigenvalue weighted by molar-refractivity contribution is 7.91. The van der Waals surface area contributed by atoms with Crippen molar-refractivity contribution in [3.8, 4) is 0 Å². The second kappa shape index (κ2) is 8.31. The quantitative estimate of drug-likeness (QED) is 0.662. The van der Waals surface area contributed by atoms with Crippen LogP contribution in [0.3, 0.4) is 0 Å². The number of sulfone groups is 1. The molecule has 2 rings (SSSR count). The van der Waals surface area contributed by atoms with Crippen LogP contribution in [0, 0.1) is 13.8 Å². The maximum atomic E-state index is 12.0. The third kappa shape index (κ3) is 5.83. The van der Waals surface area contributed by atoms with Crippen LogP contribution in [-0.4, -0.2) is 56.9 Å². The second-order valence-corrected chi connectivity index (χ2v) is 8.54. The Bertz CT molecular complexity index is 819. The van der Waals surface area contributed by atoms with Gasteiger partial charge in [0.2, 0.25) is 0 Å². The molecule has 2 amide bonds. The Morgan fingerprint density at radius 3 is 2.54 bits per heavy atom. The number of amides is 2. The summed E-state index contributed by atoms with van der Waals surface area (Å²) >= 11 is 0. The number of ether oxygens (including phenoxy) is 1. The Hall–Kier alpha value is -2.42. The monoisotopic (exact) mass is 382 g/mol. The number of hydrogen-bond acceptors (Lipinski definition) is 6. The van der Waals surface area contributed by atoms with E-state index in [0.717, 1.165) is 11.1 Å². The molecule has 1 aromatic carbocycles. The maximum Gasteiger partial charge on any atom is 0.325 e. The maximum absolute atomic E-state index is 12.0. The molecule has 1 atom stereocenters. The Balaban J connectivity index is 1.70. The molecule has 2 N–H and O–H groups in total. The van der Waals surface area contributed by atoms with E-state index in [1.807, 2.05) is 19.9 Å². The van der Waals surface area contributed by atoms with Crippen LogP contribution < -0.4 is 10.6 Å². The van der Waals surface area contributed by atoms with Crippen LogP contribution in [0.5, 0.6) is 0 Å². The molecule has 0 radical (unpaired) electrons. The van der Waals surface area contributed by atoms with E-state index in [1.165, 1.54) is 0 Å². The molecule has 1 fully saturated rings. The fraction of sp³-hybridized carbons (Fsp3) is 0.471. The summed E-state index contributed by atoms with van der Waals surface area (Å²) in [4.78, 5) is 35.3. The minimum Gasteiger partial charge on any atom is -0.454 e. The van der Waals surface area contributed by atoms with Crippen LogP contribution in [0.1, 0.15) is 27.9 Å². The van der Waals surface area contributed by atoms with Crippen LogP contribution in [0.25, 0.3) is 0 Å². The van der Waals surface area contributed by atoms with Crippen molar-refractivity contribution in [2.75, 3.05) is 24.7 Å². The fourth-order valence-electron chi connectivity index (χ4n) is 2.51. The molecule has 26 heavy (non-hydrogen) atoms. The smallest absolute Gasteiger partial charge is 0.325 e. The van der Waals surface area contributed by atoms with Crippen molar-refractivity contribution >= 4 is 27.6 Å². The number of rotatable bonds is 6. The summed E-state index contributed by atoms with van der Waals surface area (Å²) in [5, 5.41) is 4.94. The number of nitrogens with one attached hydrogen (secondary N) is 2. The van der Waals surface area contributed by atoms with Crippen LogP contribution in [0.2, 0.25) is 0 Å². The zero-order valence-corrected chi connectivity index (χ0v) is 15.5. The fourth-order valence-corrected chi connectivity index (χ4v) is 4.19. The SMILES string of the molecule is Cc1ccc(C(=O)NCC(=O)OCC(=O)N[C@H]2CCS(=O)(=O)C2)cc1C. The lowest BCUT2D eigenvalue weighted by Gasteiger charge is -2.11. The van der Waals surface area contributed by atoms with E-state index < -0.39 is 40.3 Å². The van der Waals surface area contributed by atoms with E-state index in [2.05, 4.69) is 10.6 Å². The third-order valence-corrected chi connectivity index (χ3v) is 5.89. The molecule has 1 aromatic rings. The van der Waals surface area contributed by atoms with Gasteiger partial charge in [-0.3, -0.25) is 14.4 Å². The zero-order valence-electron chi connectivity index (χ0n) is 14.7. The standard InChI is InChI=1S/C17H22N2O6S/c1-11-3-4-13(7-12(11)2)17(22)18-8-16(21)25-9-15(20)19-14-5-6-26(23,24)10-14/h3-4,7,14H,5-6,8-10H2,1-2H3,(H,18,22)(H,19,20)/t14-/m0/s1. The van der Waals surface area contributed by atoms with Gasteiger partial charge in [-0.1, -0.05) is 6.07 Å². The topological polar surface area (TPSA) is 119 Å². The van der Waals surface area contributed by atoms with Gasteiger partial charge in [0.15, 0.2) is 16.4 Å². The van der Waals surface area contributed by atoms with Gasteiger partial charge in [0.1, 0.15) is 6.54 Å². The highest BCUT2D eigenvalue weighted by Crippen LogP contribution is 2.11. The highest BCUT2D eigenvalue weighted by Gasteiger charge is 2.29. The lowest BCUT2D eigenvalue weighted by molar-refractivity contribution is -0.147. The summed E-state index contributed by atoms with van der Waals surface area (Å²) in [6.07, 6.45) is 0.355. The summed E-state index contributed by atoms with van der Waals surface area (Å²) in [7, 11) is -3.09. The minimum absolute atomic E-state index is 0.0439. The average Bonchev–Trinajstić information content (AvgIpc) is 2.91. The van der Waals surface area contributed by atoms with E-state index in [4.69, 9.17) is 4.74 Å². The first-order valence-electron chi connectivity index (χ1n) is 8.17. The first-order valence-corrected chi connectivity index (χ1v) is 9.99. The van der Waals surface area contributed by atoms with Gasteiger partial charge in [-0.05, 0) is 43.5 Å². The van der Waals surface area contributed by atoms with Crippen LogP contribution in [0.15, 0.2) is 18.2 Å². The molecule has 9 heteroatoms. The van der Waals surface area contributed by atoms with E-state index in [9.17, 15) is 22.8 Å². The number of hydrogen-bond donors (Lipinski definition) is 2. The van der Waals surface area contributed by atoms with Crippen molar-refractivity contribution in [3.63, 3.8) is 0 Å². The van der Waals surface area contributed by atoms with Gasteiger partial charge in [0.05, 0.1) is 11.5 Å². The lowest BCUT2D eigenvalue weighted by Crippen LogP contribution is -2.39. The predicted octanol–water partition coefficient (Wildman–Crippen LogP) is -0.120. The van der Waals surface area contributed by atoms with E-state index >= 15 is 0 Å². The van der Waals surface area contributed by atoms with Gasteiger partial charge in [0.25, 0.3) is 11.8 Å². The molecule has 0 unspecified atom stereocenters. The van der Waals surface area contributed by atoms with Crippen LogP contribution >= 0.6 is 0 Å². The van der Waals surface area contributed by atoms with Crippen molar-refractivity contribution in [1.29, 1.82) is 0 Å². The molecule has 1 heterocycles. The van der Waals surface area contributed by atoms with Gasteiger partial charge < -0.3 is 15.4 Å². The molecule has 0 saturated carbocycles. The molecule has 8 nitrogen and oxygen atoms in total. The van der Waals surface area contributed by atoms with Crippen molar-refractivity contribution in [2.45, 2.75) is 26.3 Å². The minimum atomic E-state index is -3.09. The molecule has 1 aliphatic rings. The Kier molecular flexibility index (Phi) is 6.36. The van der Waals surface area contributed by atoms with Crippen molar-refractivity contribution in [3.05, 3.63) is 34.9 Å². The average molecular weight is 382 g/mol. The van der Waals surface area contributed by atoms with Crippen molar-refractivity contribution < 1.29 is 27.5 Å². The predicted molar refractivity (Wildman–Crippen MR) is 94.4 cm³/mol. The molecule has 1 aliphatic heterocycles. The number of esters is 1. The van der Waals surface area contributed by atoms with Gasteiger partial charge in [-0.25, -0.2) is 8.42 Å². The van der Waals surface area contributed by atoms with Gasteiger partial charge in [-0.15, -0.1) is 0 Å². The second-order valence-electron chi connectivity index (χ2n) is 6.31. The van der Waals surface area contributed by atoms with Crippen molar-refractivity contribution in [1.82, 2.24) is 10.6 Å². The Labute approximate surface area is 152 Å². The molecular formula is C17H22N2O6S. The first kappa shape index (κ1) is 19.9. The Morgan fingerprint density at radius 2 is 1.92 bits per heavy atom. The summed E-state index contributed by atoms with van der Waals surface area (Å²) in [6, 6.07) is 4.75. The van der Waals surface area contributed by atoms with Crippen molar-refractivity contribution in [2.24, 2.45) is 0 Å². The number of aryl methyl sites for hydroxylation is 2. The lowest BCUT2D eigenvalue weighted by atomic mass is 10.1. The summed E-state index contributed by atoms with van der Waals surface area (Å²) in [6.45, 7) is 2.93. The molecule has 142 valence electrons. The number of carbonyl (C=O) groups is 3. The van der Waals surface area contributed by atoms with E-state index in [1.54, 1.807) is 12.1 Å². The van der Waals surface area contributed by atoms with E-state index in [-0.39, 0.29) is 18.1 Å². The van der Waals surface area contributed by atoms with Gasteiger partial charge in [-0.2, -0.15) is 0 Å². The first-order chi connectivity index (χ1) is 12.2. The third-order valence-electron chi connectivity index (χ3n) is 4.12. The highest BCUT2D eigenvalue weighted by atomic mass is 32.2. The summed E-state index contributed by atoms with van der Waals surface area (Å²) < 4.78 is 27.4. The largest absolute Gasteiger partial charge is 0.454 e. The molecule has 0 spiro atoms. The molecular weight excluding hydrogens is 360 g/mol. The Morgan fingerprint density at radius 1 is 1.19 bits per heavy atom. The number of benzene rings is 1.